The fraction of sp³-hybridized carbons (Fsp3) is 0.333. The summed E-state index contributed by atoms with van der Waals surface area (Å²) in [6.45, 7) is 2.16. The van der Waals surface area contributed by atoms with Crippen LogP contribution in [0.3, 0.4) is 0 Å². The van der Waals surface area contributed by atoms with Crippen molar-refractivity contribution in [1.82, 2.24) is 10.6 Å². The summed E-state index contributed by atoms with van der Waals surface area (Å²) in [5.41, 5.74) is -1.45. The monoisotopic (exact) mass is 625 g/mol. The third-order valence-corrected chi connectivity index (χ3v) is 7.60. The van der Waals surface area contributed by atoms with Crippen LogP contribution in [0.2, 0.25) is 0 Å². The highest BCUT2D eigenvalue weighted by molar-refractivity contribution is 7.90. The molecule has 0 fully saturated rings. The minimum absolute atomic E-state index is 0.0794. The highest BCUT2D eigenvalue weighted by Crippen LogP contribution is 2.35. The lowest BCUT2D eigenvalue weighted by atomic mass is 9.96. The van der Waals surface area contributed by atoms with Crippen molar-refractivity contribution < 1.29 is 39.6 Å². The second kappa shape index (κ2) is 13.2. The molecular formula is C30H29F6N3O3S. The fourth-order valence-electron chi connectivity index (χ4n) is 4.36. The molecule has 6 nitrogen and oxygen atoms in total. The van der Waals surface area contributed by atoms with Gasteiger partial charge in [-0.05, 0) is 54.3 Å². The number of nitrogens with zero attached hydrogens (tertiary/aromatic N) is 1. The van der Waals surface area contributed by atoms with Gasteiger partial charge in [0.25, 0.3) is 0 Å². The van der Waals surface area contributed by atoms with Crippen molar-refractivity contribution in [2.45, 2.75) is 61.6 Å². The van der Waals surface area contributed by atoms with Crippen LogP contribution in [0, 0.1) is 23.0 Å². The number of hydrogen-bond acceptors (Lipinski definition) is 5. The Kier molecular flexibility index (Phi) is 10.3. The van der Waals surface area contributed by atoms with Crippen LogP contribution in [0.5, 0.6) is 0 Å². The van der Waals surface area contributed by atoms with E-state index >= 15 is 0 Å². The molecule has 0 aliphatic heterocycles. The maximum absolute atomic E-state index is 14.7. The minimum Gasteiger partial charge on any atom is -0.339 e. The quantitative estimate of drug-likeness (QED) is 0.255. The molecule has 2 N–H and O–H groups in total. The molecule has 0 heterocycles. The topological polar surface area (TPSA) is 99.1 Å². The first-order valence-corrected chi connectivity index (χ1v) is 14.8. The SMILES string of the molecule is CC(C)(F)C[C@H](N[C@@H](c1ccc(-c2ccc(S(C)(=O)=O)cc2)cc1)C(F)(F)F)C(=O)NC(C#N)Cc1ccc(F)cc1F. The summed E-state index contributed by atoms with van der Waals surface area (Å²) in [5.74, 6) is -2.94. The molecule has 0 aliphatic carbocycles. The molecule has 13 heteroatoms. The van der Waals surface area contributed by atoms with Gasteiger partial charge in [-0.25, -0.2) is 21.6 Å². The van der Waals surface area contributed by atoms with E-state index in [1.54, 1.807) is 6.07 Å². The van der Waals surface area contributed by atoms with E-state index in [0.717, 1.165) is 32.2 Å². The second-order valence-corrected chi connectivity index (χ2v) is 12.7. The molecule has 1 unspecified atom stereocenters. The van der Waals surface area contributed by atoms with Crippen LogP contribution < -0.4 is 10.6 Å². The van der Waals surface area contributed by atoms with E-state index < -0.39 is 70.2 Å². The lowest BCUT2D eigenvalue weighted by Crippen LogP contribution is -2.53. The van der Waals surface area contributed by atoms with Crippen molar-refractivity contribution in [3.05, 3.63) is 89.5 Å². The van der Waals surface area contributed by atoms with Crippen LogP contribution in [-0.2, 0) is 21.1 Å². The molecule has 0 spiro atoms. The summed E-state index contributed by atoms with van der Waals surface area (Å²) < 4.78 is 108. The molecule has 0 bridgehead atoms. The number of alkyl halides is 4. The molecule has 0 aliphatic rings. The molecular weight excluding hydrogens is 596 g/mol. The van der Waals surface area contributed by atoms with Gasteiger partial charge in [0.05, 0.1) is 17.0 Å². The Morgan fingerprint density at radius 2 is 1.49 bits per heavy atom. The number of benzene rings is 3. The smallest absolute Gasteiger partial charge is 0.339 e. The van der Waals surface area contributed by atoms with Crippen LogP contribution in [0.4, 0.5) is 26.3 Å². The Balaban J connectivity index is 1.85. The van der Waals surface area contributed by atoms with E-state index in [1.165, 1.54) is 48.5 Å². The van der Waals surface area contributed by atoms with Gasteiger partial charge >= 0.3 is 6.18 Å². The number of nitriles is 1. The summed E-state index contributed by atoms with van der Waals surface area (Å²) in [4.78, 5) is 13.2. The molecule has 0 saturated carbocycles. The first-order valence-electron chi connectivity index (χ1n) is 12.9. The number of rotatable bonds is 11. The Labute approximate surface area is 245 Å². The van der Waals surface area contributed by atoms with Crippen LogP contribution in [0.25, 0.3) is 11.1 Å². The Bertz CT molecular complexity index is 1580. The molecule has 43 heavy (non-hydrogen) atoms. The van der Waals surface area contributed by atoms with Gasteiger partial charge in [0.2, 0.25) is 5.91 Å². The zero-order valence-electron chi connectivity index (χ0n) is 23.3. The van der Waals surface area contributed by atoms with Crippen molar-refractivity contribution in [1.29, 1.82) is 5.26 Å². The number of carbonyl (C=O) groups is 1. The summed E-state index contributed by atoms with van der Waals surface area (Å²) in [6, 6.07) is 9.66. The Hall–Kier alpha value is -3.89. The Morgan fingerprint density at radius 1 is 0.930 bits per heavy atom. The van der Waals surface area contributed by atoms with Gasteiger partial charge in [-0.15, -0.1) is 0 Å². The first kappa shape index (κ1) is 33.6. The normalized spacial score (nSPS) is 14.4. The summed E-state index contributed by atoms with van der Waals surface area (Å²) >= 11 is 0. The molecule has 3 aromatic carbocycles. The predicted molar refractivity (Wildman–Crippen MR) is 148 cm³/mol. The fourth-order valence-corrected chi connectivity index (χ4v) is 5.00. The third-order valence-electron chi connectivity index (χ3n) is 6.47. The van der Waals surface area contributed by atoms with Crippen molar-refractivity contribution in [2.75, 3.05) is 6.26 Å². The summed E-state index contributed by atoms with van der Waals surface area (Å²) in [6.07, 6.45) is -4.98. The van der Waals surface area contributed by atoms with Gasteiger partial charge in [-0.1, -0.05) is 42.5 Å². The van der Waals surface area contributed by atoms with Crippen molar-refractivity contribution in [3.63, 3.8) is 0 Å². The largest absolute Gasteiger partial charge is 0.407 e. The molecule has 3 atom stereocenters. The molecule has 0 aromatic heterocycles. The van der Waals surface area contributed by atoms with Crippen molar-refractivity contribution in [3.8, 4) is 17.2 Å². The summed E-state index contributed by atoms with van der Waals surface area (Å²) in [5, 5.41) is 13.9. The average Bonchev–Trinajstić information content (AvgIpc) is 2.90. The van der Waals surface area contributed by atoms with Gasteiger partial charge in [-0.2, -0.15) is 18.4 Å². The number of sulfone groups is 1. The van der Waals surface area contributed by atoms with Crippen LogP contribution in [0.1, 0.15) is 37.4 Å². The predicted octanol–water partition coefficient (Wildman–Crippen LogP) is 5.99. The lowest BCUT2D eigenvalue weighted by molar-refractivity contribution is -0.161. The van der Waals surface area contributed by atoms with E-state index in [4.69, 9.17) is 0 Å². The van der Waals surface area contributed by atoms with E-state index in [2.05, 4.69) is 10.6 Å². The highest BCUT2D eigenvalue weighted by atomic mass is 32.2. The van der Waals surface area contributed by atoms with Crippen LogP contribution >= 0.6 is 0 Å². The number of hydrogen-bond donors (Lipinski definition) is 2. The standard InChI is InChI=1S/C30H29F6N3O3S/c1-29(2,33)16-26(28(40)38-23(17-37)14-21-8-11-22(31)15-25(21)32)39-27(30(34,35)36)20-6-4-18(5-7-20)19-9-12-24(13-10-19)43(3,41)42/h4-13,15,23,26-27,39H,14,16H2,1-3H3,(H,38,40)/t23?,26-,27-/m0/s1. The van der Waals surface area contributed by atoms with E-state index in [-0.39, 0.29) is 16.0 Å². The first-order chi connectivity index (χ1) is 19.9. The van der Waals surface area contributed by atoms with Gasteiger partial charge in [-0.3, -0.25) is 10.1 Å². The molecule has 3 aromatic rings. The lowest BCUT2D eigenvalue weighted by Gasteiger charge is -2.30. The third kappa shape index (κ3) is 9.56. The van der Waals surface area contributed by atoms with Gasteiger partial charge < -0.3 is 5.32 Å². The molecule has 1 amide bonds. The highest BCUT2D eigenvalue weighted by Gasteiger charge is 2.44. The van der Waals surface area contributed by atoms with Crippen LogP contribution in [-0.4, -0.2) is 44.5 Å². The van der Waals surface area contributed by atoms with E-state index in [1.807, 2.05) is 0 Å². The number of nitrogens with one attached hydrogen (secondary N) is 2. The average molecular weight is 626 g/mol. The van der Waals surface area contributed by atoms with E-state index in [0.29, 0.717) is 17.2 Å². The maximum Gasteiger partial charge on any atom is 0.407 e. The van der Waals surface area contributed by atoms with E-state index in [9.17, 15) is 44.8 Å². The van der Waals surface area contributed by atoms with Gasteiger partial charge in [0.1, 0.15) is 29.4 Å². The second-order valence-electron chi connectivity index (χ2n) is 10.7. The zero-order chi connectivity index (χ0) is 32.2. The molecule has 230 valence electrons. The number of halogens is 6. The maximum atomic E-state index is 14.7. The molecule has 0 saturated heterocycles. The van der Waals surface area contributed by atoms with Gasteiger partial charge in [0.15, 0.2) is 9.84 Å². The van der Waals surface area contributed by atoms with Crippen molar-refractivity contribution in [2.24, 2.45) is 0 Å². The number of carbonyl (C=O) groups excluding carboxylic acids is 1. The van der Waals surface area contributed by atoms with Crippen molar-refractivity contribution >= 4 is 15.7 Å². The molecule has 0 radical (unpaired) electrons. The minimum atomic E-state index is -4.93. The number of amides is 1. The molecule has 3 rings (SSSR count). The van der Waals surface area contributed by atoms with Crippen LogP contribution in [0.15, 0.2) is 71.6 Å². The summed E-state index contributed by atoms with van der Waals surface area (Å²) in [7, 11) is -3.44. The Morgan fingerprint density at radius 3 is 1.95 bits per heavy atom. The van der Waals surface area contributed by atoms with Gasteiger partial charge in [0, 0.05) is 25.2 Å². The zero-order valence-corrected chi connectivity index (χ0v) is 24.2.